The maximum atomic E-state index is 4.42. The van der Waals surface area contributed by atoms with Crippen LogP contribution in [0.1, 0.15) is 30.7 Å². The molecule has 0 aliphatic rings. The van der Waals surface area contributed by atoms with Crippen molar-refractivity contribution >= 4 is 5.65 Å². The van der Waals surface area contributed by atoms with Crippen LogP contribution in [0.4, 0.5) is 0 Å². The van der Waals surface area contributed by atoms with Gasteiger partial charge in [0.25, 0.3) is 0 Å². The Bertz CT molecular complexity index is 488. The van der Waals surface area contributed by atoms with Crippen LogP contribution in [-0.4, -0.2) is 26.1 Å². The number of fused-ring (bicyclic) bond motifs is 1. The molecule has 0 fully saturated rings. The summed E-state index contributed by atoms with van der Waals surface area (Å²) in [4.78, 5) is 4.42. The molecule has 2 rings (SSSR count). The highest BCUT2D eigenvalue weighted by atomic mass is 15.3. The second-order valence-corrected chi connectivity index (χ2v) is 3.93. The number of hydrogen-bond donors (Lipinski definition) is 1. The number of hydrogen-bond acceptors (Lipinski definition) is 4. The average Bonchev–Trinajstić information content (AvgIpc) is 2.62. The van der Waals surface area contributed by atoms with Gasteiger partial charge in [0.05, 0.1) is 6.54 Å². The lowest BCUT2D eigenvalue weighted by Crippen LogP contribution is -2.16. The highest BCUT2D eigenvalue weighted by Gasteiger charge is 2.08. The third kappa shape index (κ3) is 2.04. The summed E-state index contributed by atoms with van der Waals surface area (Å²) in [6.07, 6.45) is 1.12. The number of nitrogens with one attached hydrogen (secondary N) is 1. The van der Waals surface area contributed by atoms with E-state index < -0.39 is 0 Å². The van der Waals surface area contributed by atoms with Gasteiger partial charge in [-0.25, -0.2) is 4.98 Å². The van der Waals surface area contributed by atoms with Crippen LogP contribution in [0.15, 0.2) is 6.07 Å². The van der Waals surface area contributed by atoms with Crippen molar-refractivity contribution in [2.24, 2.45) is 0 Å². The van der Waals surface area contributed by atoms with E-state index in [9.17, 15) is 0 Å². The lowest BCUT2D eigenvalue weighted by atomic mass is 10.4. The minimum absolute atomic E-state index is 0.737. The maximum absolute atomic E-state index is 4.42. The fourth-order valence-corrected chi connectivity index (χ4v) is 1.79. The molecule has 0 unspecified atom stereocenters. The standard InChI is InChI=1S/C11H17N5/c1-4-5-12-7-11-15-14-10-6-8(2)13-9(3)16(10)11/h6,12H,4-5,7H2,1-3H3. The van der Waals surface area contributed by atoms with Gasteiger partial charge in [0, 0.05) is 11.8 Å². The molecule has 0 saturated heterocycles. The molecule has 5 nitrogen and oxygen atoms in total. The van der Waals surface area contributed by atoms with Gasteiger partial charge in [0.1, 0.15) is 5.82 Å². The van der Waals surface area contributed by atoms with Crippen molar-refractivity contribution in [3.8, 4) is 0 Å². The van der Waals surface area contributed by atoms with Crippen LogP contribution in [-0.2, 0) is 6.54 Å². The van der Waals surface area contributed by atoms with E-state index in [-0.39, 0.29) is 0 Å². The Morgan fingerprint density at radius 3 is 2.88 bits per heavy atom. The van der Waals surface area contributed by atoms with Crippen molar-refractivity contribution in [3.63, 3.8) is 0 Å². The molecule has 0 bridgehead atoms. The van der Waals surface area contributed by atoms with Crippen LogP contribution in [0.25, 0.3) is 5.65 Å². The molecule has 0 aromatic carbocycles. The second kappa shape index (κ2) is 4.57. The molecule has 16 heavy (non-hydrogen) atoms. The van der Waals surface area contributed by atoms with Crippen LogP contribution < -0.4 is 5.32 Å². The smallest absolute Gasteiger partial charge is 0.164 e. The molecule has 2 aromatic heterocycles. The summed E-state index contributed by atoms with van der Waals surface area (Å²) in [7, 11) is 0. The minimum atomic E-state index is 0.737. The summed E-state index contributed by atoms with van der Waals surface area (Å²) < 4.78 is 2.00. The Morgan fingerprint density at radius 2 is 2.12 bits per heavy atom. The first-order chi connectivity index (χ1) is 7.72. The van der Waals surface area contributed by atoms with Crippen LogP contribution >= 0.6 is 0 Å². The van der Waals surface area contributed by atoms with E-state index in [0.717, 1.165) is 42.5 Å². The molecule has 0 spiro atoms. The molecular formula is C11H17N5. The molecule has 0 atom stereocenters. The van der Waals surface area contributed by atoms with E-state index in [2.05, 4.69) is 27.4 Å². The molecule has 2 heterocycles. The van der Waals surface area contributed by atoms with Gasteiger partial charge in [0.2, 0.25) is 0 Å². The average molecular weight is 219 g/mol. The van der Waals surface area contributed by atoms with Crippen molar-refractivity contribution in [1.82, 2.24) is 24.9 Å². The molecule has 86 valence electrons. The fourth-order valence-electron chi connectivity index (χ4n) is 1.79. The Morgan fingerprint density at radius 1 is 1.31 bits per heavy atom. The van der Waals surface area contributed by atoms with Gasteiger partial charge in [-0.15, -0.1) is 10.2 Å². The van der Waals surface area contributed by atoms with Crippen molar-refractivity contribution in [3.05, 3.63) is 23.4 Å². The van der Waals surface area contributed by atoms with Gasteiger partial charge in [-0.05, 0) is 26.8 Å². The number of aromatic nitrogens is 4. The van der Waals surface area contributed by atoms with Crippen molar-refractivity contribution in [2.45, 2.75) is 33.7 Å². The van der Waals surface area contributed by atoms with E-state index in [4.69, 9.17) is 0 Å². The van der Waals surface area contributed by atoms with Crippen molar-refractivity contribution in [2.75, 3.05) is 6.54 Å². The van der Waals surface area contributed by atoms with Gasteiger partial charge < -0.3 is 5.32 Å². The molecule has 0 aliphatic heterocycles. The molecule has 2 aromatic rings. The topological polar surface area (TPSA) is 55.1 Å². The van der Waals surface area contributed by atoms with Gasteiger partial charge in [-0.3, -0.25) is 4.40 Å². The quantitative estimate of drug-likeness (QED) is 0.786. The molecule has 0 radical (unpaired) electrons. The zero-order chi connectivity index (χ0) is 11.5. The van der Waals surface area contributed by atoms with Crippen LogP contribution in [0.2, 0.25) is 0 Å². The number of aryl methyl sites for hydroxylation is 2. The van der Waals surface area contributed by atoms with Gasteiger partial charge in [0.15, 0.2) is 11.5 Å². The highest BCUT2D eigenvalue weighted by Crippen LogP contribution is 2.07. The summed E-state index contributed by atoms with van der Waals surface area (Å²) in [5, 5.41) is 11.7. The number of rotatable bonds is 4. The van der Waals surface area contributed by atoms with Crippen molar-refractivity contribution in [1.29, 1.82) is 0 Å². The first-order valence-electron chi connectivity index (χ1n) is 5.61. The first-order valence-corrected chi connectivity index (χ1v) is 5.61. The molecular weight excluding hydrogens is 202 g/mol. The van der Waals surface area contributed by atoms with Crippen LogP contribution in [0, 0.1) is 13.8 Å². The molecule has 0 saturated carbocycles. The van der Waals surface area contributed by atoms with E-state index in [1.54, 1.807) is 0 Å². The Labute approximate surface area is 94.9 Å². The summed E-state index contributed by atoms with van der Waals surface area (Å²) in [5.74, 6) is 1.86. The third-order valence-electron chi connectivity index (χ3n) is 2.46. The lowest BCUT2D eigenvalue weighted by Gasteiger charge is -2.04. The predicted octanol–water partition coefficient (Wildman–Crippen LogP) is 1.24. The molecule has 1 N–H and O–H groups in total. The zero-order valence-corrected chi connectivity index (χ0v) is 9.99. The maximum Gasteiger partial charge on any atom is 0.164 e. The predicted molar refractivity (Wildman–Crippen MR) is 62.3 cm³/mol. The largest absolute Gasteiger partial charge is 0.310 e. The highest BCUT2D eigenvalue weighted by molar-refractivity contribution is 5.39. The number of nitrogens with zero attached hydrogens (tertiary/aromatic N) is 4. The van der Waals surface area contributed by atoms with E-state index in [1.807, 2.05) is 24.3 Å². The van der Waals surface area contributed by atoms with Crippen LogP contribution in [0.3, 0.4) is 0 Å². The van der Waals surface area contributed by atoms with Gasteiger partial charge in [-0.2, -0.15) is 0 Å². The summed E-state index contributed by atoms with van der Waals surface area (Å²) in [6.45, 7) is 7.82. The summed E-state index contributed by atoms with van der Waals surface area (Å²) in [6, 6.07) is 1.95. The lowest BCUT2D eigenvalue weighted by molar-refractivity contribution is 0.641. The van der Waals surface area contributed by atoms with E-state index in [1.165, 1.54) is 0 Å². The Hall–Kier alpha value is -1.49. The molecule has 0 aliphatic carbocycles. The Kier molecular flexibility index (Phi) is 3.14. The molecule has 0 amide bonds. The van der Waals surface area contributed by atoms with E-state index >= 15 is 0 Å². The van der Waals surface area contributed by atoms with Crippen molar-refractivity contribution < 1.29 is 0 Å². The third-order valence-corrected chi connectivity index (χ3v) is 2.46. The second-order valence-electron chi connectivity index (χ2n) is 3.93. The normalized spacial score (nSPS) is 11.2. The SMILES string of the molecule is CCCNCc1nnc2cc(C)nc(C)n12. The van der Waals surface area contributed by atoms with Gasteiger partial charge in [-0.1, -0.05) is 6.92 Å². The van der Waals surface area contributed by atoms with Crippen LogP contribution in [0.5, 0.6) is 0 Å². The summed E-state index contributed by atoms with van der Waals surface area (Å²) in [5.41, 5.74) is 1.85. The zero-order valence-electron chi connectivity index (χ0n) is 9.99. The monoisotopic (exact) mass is 219 g/mol. The van der Waals surface area contributed by atoms with E-state index in [0.29, 0.717) is 0 Å². The molecule has 5 heteroatoms. The first kappa shape index (κ1) is 11.0. The summed E-state index contributed by atoms with van der Waals surface area (Å²) >= 11 is 0. The minimum Gasteiger partial charge on any atom is -0.310 e. The fraction of sp³-hybridized carbons (Fsp3) is 0.545. The Balaban J connectivity index is 2.33. The van der Waals surface area contributed by atoms with Gasteiger partial charge >= 0.3 is 0 Å².